The number of piperidine rings is 1. The fourth-order valence-corrected chi connectivity index (χ4v) is 3.24. The van der Waals surface area contributed by atoms with Crippen LogP contribution in [0.2, 0.25) is 0 Å². The molecule has 1 unspecified atom stereocenters. The summed E-state index contributed by atoms with van der Waals surface area (Å²) in [6, 6.07) is 0.804. The van der Waals surface area contributed by atoms with Gasteiger partial charge in [-0.25, -0.2) is 0 Å². The van der Waals surface area contributed by atoms with Crippen molar-refractivity contribution < 1.29 is 0 Å². The van der Waals surface area contributed by atoms with E-state index in [2.05, 4.69) is 44.7 Å². The maximum atomic E-state index is 2.77. The standard InChI is InChI=1S/C16H34N2/c1-6-8-9-12-16(3,7-2)18-13-10-15(11-14-18)17(4)5/h15H,6-14H2,1-5H3. The molecule has 0 aliphatic carbocycles. The summed E-state index contributed by atoms with van der Waals surface area (Å²) in [6.45, 7) is 9.73. The Labute approximate surface area is 115 Å². The predicted octanol–water partition coefficient (Wildman–Crippen LogP) is 3.76. The molecule has 0 radical (unpaired) electrons. The molecule has 0 aromatic heterocycles. The largest absolute Gasteiger partial charge is 0.306 e. The van der Waals surface area contributed by atoms with Crippen LogP contribution in [0.15, 0.2) is 0 Å². The number of nitrogens with zero attached hydrogens (tertiary/aromatic N) is 2. The average Bonchev–Trinajstić information content (AvgIpc) is 2.39. The zero-order valence-corrected chi connectivity index (χ0v) is 13.3. The van der Waals surface area contributed by atoms with Gasteiger partial charge in [-0.15, -0.1) is 0 Å². The minimum atomic E-state index is 0.451. The van der Waals surface area contributed by atoms with Crippen LogP contribution >= 0.6 is 0 Å². The van der Waals surface area contributed by atoms with E-state index in [0.29, 0.717) is 5.54 Å². The van der Waals surface area contributed by atoms with E-state index in [-0.39, 0.29) is 0 Å². The van der Waals surface area contributed by atoms with Gasteiger partial charge < -0.3 is 4.90 Å². The Hall–Kier alpha value is -0.0800. The first-order valence-electron chi connectivity index (χ1n) is 7.95. The molecule has 0 amide bonds. The fraction of sp³-hybridized carbons (Fsp3) is 1.00. The molecule has 18 heavy (non-hydrogen) atoms. The molecular formula is C16H34N2. The van der Waals surface area contributed by atoms with Crippen LogP contribution < -0.4 is 0 Å². The van der Waals surface area contributed by atoms with Gasteiger partial charge in [0.05, 0.1) is 0 Å². The number of hydrogen-bond acceptors (Lipinski definition) is 2. The van der Waals surface area contributed by atoms with Crippen molar-refractivity contribution in [2.24, 2.45) is 0 Å². The Morgan fingerprint density at radius 3 is 2.17 bits per heavy atom. The summed E-state index contributed by atoms with van der Waals surface area (Å²) >= 11 is 0. The van der Waals surface area contributed by atoms with Crippen molar-refractivity contribution in [2.45, 2.75) is 77.3 Å². The van der Waals surface area contributed by atoms with E-state index >= 15 is 0 Å². The highest BCUT2D eigenvalue weighted by atomic mass is 15.2. The maximum absolute atomic E-state index is 2.77. The molecule has 0 saturated carbocycles. The van der Waals surface area contributed by atoms with Crippen molar-refractivity contribution in [1.82, 2.24) is 9.80 Å². The highest BCUT2D eigenvalue weighted by molar-refractivity contribution is 4.89. The summed E-state index contributed by atoms with van der Waals surface area (Å²) in [5.41, 5.74) is 0.451. The van der Waals surface area contributed by atoms with Crippen LogP contribution in [0.5, 0.6) is 0 Å². The van der Waals surface area contributed by atoms with E-state index in [1.807, 2.05) is 0 Å². The second-order valence-corrected chi connectivity index (χ2v) is 6.49. The molecule has 1 atom stereocenters. The van der Waals surface area contributed by atoms with Crippen LogP contribution in [0.25, 0.3) is 0 Å². The molecule has 0 aromatic carbocycles. The van der Waals surface area contributed by atoms with E-state index in [1.165, 1.54) is 58.0 Å². The molecule has 1 fully saturated rings. The number of hydrogen-bond donors (Lipinski definition) is 0. The maximum Gasteiger partial charge on any atom is 0.0178 e. The molecule has 1 saturated heterocycles. The van der Waals surface area contributed by atoms with Gasteiger partial charge in [0.1, 0.15) is 0 Å². The van der Waals surface area contributed by atoms with E-state index in [9.17, 15) is 0 Å². The topological polar surface area (TPSA) is 6.48 Å². The first-order valence-corrected chi connectivity index (χ1v) is 7.95. The van der Waals surface area contributed by atoms with Crippen LogP contribution in [0.3, 0.4) is 0 Å². The second-order valence-electron chi connectivity index (χ2n) is 6.49. The van der Waals surface area contributed by atoms with Crippen molar-refractivity contribution in [1.29, 1.82) is 0 Å². The lowest BCUT2D eigenvalue weighted by Gasteiger charge is -2.46. The number of rotatable bonds is 7. The lowest BCUT2D eigenvalue weighted by Crippen LogP contribution is -2.52. The van der Waals surface area contributed by atoms with Crippen molar-refractivity contribution in [3.63, 3.8) is 0 Å². The average molecular weight is 254 g/mol. The van der Waals surface area contributed by atoms with E-state index < -0.39 is 0 Å². The highest BCUT2D eigenvalue weighted by Crippen LogP contribution is 2.30. The quantitative estimate of drug-likeness (QED) is 0.638. The van der Waals surface area contributed by atoms with Crippen molar-refractivity contribution in [3.05, 3.63) is 0 Å². The molecule has 1 aliphatic heterocycles. The van der Waals surface area contributed by atoms with E-state index in [0.717, 1.165) is 6.04 Å². The molecule has 1 aliphatic rings. The van der Waals surface area contributed by atoms with Gasteiger partial charge in [0.25, 0.3) is 0 Å². The third-order valence-electron chi connectivity index (χ3n) is 5.04. The van der Waals surface area contributed by atoms with Crippen LogP contribution in [0, 0.1) is 0 Å². The molecule has 0 spiro atoms. The zero-order chi connectivity index (χ0) is 13.6. The normalized spacial score (nSPS) is 22.3. The van der Waals surface area contributed by atoms with Crippen molar-refractivity contribution in [2.75, 3.05) is 27.2 Å². The summed E-state index contributed by atoms with van der Waals surface area (Å²) in [5.74, 6) is 0. The number of unbranched alkanes of at least 4 members (excludes halogenated alkanes) is 2. The first kappa shape index (κ1) is 16.0. The molecule has 0 N–H and O–H groups in total. The Balaban J connectivity index is 2.46. The Kier molecular flexibility index (Phi) is 6.65. The van der Waals surface area contributed by atoms with Crippen LogP contribution in [0.4, 0.5) is 0 Å². The Morgan fingerprint density at radius 2 is 1.72 bits per heavy atom. The van der Waals surface area contributed by atoms with Gasteiger partial charge in [-0.05, 0) is 46.7 Å². The molecule has 1 rings (SSSR count). The monoisotopic (exact) mass is 254 g/mol. The van der Waals surface area contributed by atoms with Crippen LogP contribution in [-0.2, 0) is 0 Å². The molecule has 108 valence electrons. The summed E-state index contributed by atoms with van der Waals surface area (Å²) in [6.07, 6.45) is 9.49. The Bertz CT molecular complexity index is 219. The van der Waals surface area contributed by atoms with Crippen molar-refractivity contribution >= 4 is 0 Å². The summed E-state index contributed by atoms with van der Waals surface area (Å²) in [5, 5.41) is 0. The Morgan fingerprint density at radius 1 is 1.11 bits per heavy atom. The minimum absolute atomic E-state index is 0.451. The van der Waals surface area contributed by atoms with Gasteiger partial charge in [-0.3, -0.25) is 4.90 Å². The minimum Gasteiger partial charge on any atom is -0.306 e. The molecule has 2 nitrogen and oxygen atoms in total. The van der Waals surface area contributed by atoms with Gasteiger partial charge >= 0.3 is 0 Å². The van der Waals surface area contributed by atoms with Gasteiger partial charge in [-0.2, -0.15) is 0 Å². The lowest BCUT2D eigenvalue weighted by molar-refractivity contribution is 0.0410. The van der Waals surface area contributed by atoms with Gasteiger partial charge in [0.15, 0.2) is 0 Å². The molecule has 0 bridgehead atoms. The molecule has 1 heterocycles. The van der Waals surface area contributed by atoms with Gasteiger partial charge in [0.2, 0.25) is 0 Å². The third kappa shape index (κ3) is 4.24. The summed E-state index contributed by atoms with van der Waals surface area (Å²) < 4.78 is 0. The third-order valence-corrected chi connectivity index (χ3v) is 5.04. The number of likely N-dealkylation sites (tertiary alicyclic amines) is 1. The zero-order valence-electron chi connectivity index (χ0n) is 13.3. The summed E-state index contributed by atoms with van der Waals surface area (Å²) in [4.78, 5) is 5.17. The first-order chi connectivity index (χ1) is 8.53. The highest BCUT2D eigenvalue weighted by Gasteiger charge is 2.32. The van der Waals surface area contributed by atoms with Crippen LogP contribution in [-0.4, -0.2) is 48.6 Å². The predicted molar refractivity (Wildman–Crippen MR) is 81.1 cm³/mol. The van der Waals surface area contributed by atoms with Gasteiger partial charge in [0, 0.05) is 24.7 Å². The second kappa shape index (κ2) is 7.49. The van der Waals surface area contributed by atoms with E-state index in [4.69, 9.17) is 0 Å². The lowest BCUT2D eigenvalue weighted by atomic mass is 9.87. The van der Waals surface area contributed by atoms with Crippen LogP contribution in [0.1, 0.15) is 65.7 Å². The molecular weight excluding hydrogens is 220 g/mol. The fourth-order valence-electron chi connectivity index (χ4n) is 3.24. The SMILES string of the molecule is CCCCCC(C)(CC)N1CCC(N(C)C)CC1. The molecule has 2 heteroatoms. The molecule has 0 aromatic rings. The van der Waals surface area contributed by atoms with E-state index in [1.54, 1.807) is 0 Å². The smallest absolute Gasteiger partial charge is 0.0178 e. The van der Waals surface area contributed by atoms with Gasteiger partial charge in [-0.1, -0.05) is 33.1 Å². The summed E-state index contributed by atoms with van der Waals surface area (Å²) in [7, 11) is 4.45. The van der Waals surface area contributed by atoms with Crippen molar-refractivity contribution in [3.8, 4) is 0 Å².